The maximum absolute atomic E-state index is 13.1. The Morgan fingerprint density at radius 1 is 1.24 bits per heavy atom. The van der Waals surface area contributed by atoms with Crippen LogP contribution in [0.2, 0.25) is 0 Å². The number of carbonyl (C=O) groups is 1. The van der Waals surface area contributed by atoms with Crippen molar-refractivity contribution >= 4 is 5.91 Å². The van der Waals surface area contributed by atoms with Crippen LogP contribution < -0.4 is 5.32 Å². The predicted molar refractivity (Wildman–Crippen MR) is 79.9 cm³/mol. The number of hydrogen-bond donors (Lipinski definition) is 1. The van der Waals surface area contributed by atoms with E-state index in [4.69, 9.17) is 0 Å². The average molecular weight is 290 g/mol. The highest BCUT2D eigenvalue weighted by atomic mass is 19.1. The summed E-state index contributed by atoms with van der Waals surface area (Å²) in [6.07, 6.45) is 2.01. The number of amides is 1. The fourth-order valence-electron chi connectivity index (χ4n) is 3.47. The Morgan fingerprint density at radius 3 is 2.38 bits per heavy atom. The summed E-state index contributed by atoms with van der Waals surface area (Å²) in [4.78, 5) is 14.7. The third-order valence-electron chi connectivity index (χ3n) is 4.73. The first-order chi connectivity index (χ1) is 9.97. The quantitative estimate of drug-likeness (QED) is 0.928. The monoisotopic (exact) mass is 290 g/mol. The third kappa shape index (κ3) is 2.57. The first-order valence-corrected chi connectivity index (χ1v) is 7.81. The molecule has 2 unspecified atom stereocenters. The molecular weight excluding hydrogens is 267 g/mol. The van der Waals surface area contributed by atoms with Gasteiger partial charge in [0.1, 0.15) is 12.0 Å². The molecule has 1 aliphatic heterocycles. The number of nitrogens with zero attached hydrogens (tertiary/aromatic N) is 1. The second-order valence-electron chi connectivity index (χ2n) is 6.82. The molecule has 0 aromatic heterocycles. The molecule has 1 aromatic carbocycles. The van der Waals surface area contributed by atoms with Gasteiger partial charge in [-0.05, 0) is 42.4 Å². The van der Waals surface area contributed by atoms with Crippen molar-refractivity contribution in [2.45, 2.75) is 51.9 Å². The molecule has 1 saturated carbocycles. The van der Waals surface area contributed by atoms with E-state index in [2.05, 4.69) is 26.1 Å². The van der Waals surface area contributed by atoms with Gasteiger partial charge in [-0.15, -0.1) is 0 Å². The lowest BCUT2D eigenvalue weighted by molar-refractivity contribution is -0.135. The van der Waals surface area contributed by atoms with Gasteiger partial charge in [-0.2, -0.15) is 0 Å². The van der Waals surface area contributed by atoms with Gasteiger partial charge in [0, 0.05) is 6.04 Å². The van der Waals surface area contributed by atoms with E-state index in [-0.39, 0.29) is 29.8 Å². The van der Waals surface area contributed by atoms with Crippen molar-refractivity contribution in [2.75, 3.05) is 0 Å². The molecule has 3 nitrogen and oxygen atoms in total. The Labute approximate surface area is 125 Å². The van der Waals surface area contributed by atoms with Gasteiger partial charge >= 0.3 is 0 Å². The molecule has 1 saturated heterocycles. The number of rotatable bonds is 3. The molecule has 4 heteroatoms. The molecule has 3 rings (SSSR count). The van der Waals surface area contributed by atoms with Crippen molar-refractivity contribution in [3.05, 3.63) is 35.6 Å². The minimum atomic E-state index is -0.243. The van der Waals surface area contributed by atoms with Crippen molar-refractivity contribution in [2.24, 2.45) is 11.8 Å². The van der Waals surface area contributed by atoms with Crippen molar-refractivity contribution in [3.63, 3.8) is 0 Å². The standard InChI is InChI=1S/C17H23FN2O/c1-10(2)15-17(21)20(14-8-11(3)9-14)16(19-15)12-4-6-13(18)7-5-12/h4-7,10-11,14-16,19H,8-9H2,1-3H3. The normalized spacial score (nSPS) is 32.6. The van der Waals surface area contributed by atoms with Crippen LogP contribution in [0.25, 0.3) is 0 Å². The average Bonchev–Trinajstić information content (AvgIpc) is 2.74. The fraction of sp³-hybridized carbons (Fsp3) is 0.588. The number of halogens is 1. The SMILES string of the molecule is CC1CC(N2C(=O)C(C(C)C)NC2c2ccc(F)cc2)C1. The molecule has 0 spiro atoms. The van der Waals surface area contributed by atoms with Crippen LogP contribution in [0, 0.1) is 17.7 Å². The molecule has 21 heavy (non-hydrogen) atoms. The van der Waals surface area contributed by atoms with E-state index in [0.29, 0.717) is 12.0 Å². The first-order valence-electron chi connectivity index (χ1n) is 7.81. The smallest absolute Gasteiger partial charge is 0.241 e. The van der Waals surface area contributed by atoms with Gasteiger partial charge in [0.15, 0.2) is 0 Å². The van der Waals surface area contributed by atoms with Crippen molar-refractivity contribution in [1.29, 1.82) is 0 Å². The molecular formula is C17H23FN2O. The summed E-state index contributed by atoms with van der Waals surface area (Å²) in [6.45, 7) is 6.34. The van der Waals surface area contributed by atoms with E-state index in [1.54, 1.807) is 12.1 Å². The Morgan fingerprint density at radius 2 is 1.86 bits per heavy atom. The molecule has 0 radical (unpaired) electrons. The number of nitrogens with one attached hydrogen (secondary N) is 1. The molecule has 1 N–H and O–H groups in total. The molecule has 1 amide bonds. The van der Waals surface area contributed by atoms with Crippen molar-refractivity contribution in [3.8, 4) is 0 Å². The van der Waals surface area contributed by atoms with Gasteiger partial charge in [-0.3, -0.25) is 10.1 Å². The Hall–Kier alpha value is -1.42. The lowest BCUT2D eigenvalue weighted by Gasteiger charge is -2.42. The van der Waals surface area contributed by atoms with Crippen LogP contribution in [0.1, 0.15) is 45.3 Å². The zero-order valence-corrected chi connectivity index (χ0v) is 12.8. The van der Waals surface area contributed by atoms with E-state index in [9.17, 15) is 9.18 Å². The molecule has 2 atom stereocenters. The lowest BCUT2D eigenvalue weighted by atomic mass is 9.80. The molecule has 1 aromatic rings. The van der Waals surface area contributed by atoms with Gasteiger partial charge in [0.25, 0.3) is 0 Å². The zero-order valence-electron chi connectivity index (χ0n) is 12.8. The molecule has 114 valence electrons. The third-order valence-corrected chi connectivity index (χ3v) is 4.73. The minimum Gasteiger partial charge on any atom is -0.319 e. The second-order valence-corrected chi connectivity index (χ2v) is 6.82. The Balaban J connectivity index is 1.88. The van der Waals surface area contributed by atoms with E-state index in [0.717, 1.165) is 18.4 Å². The number of benzene rings is 1. The topological polar surface area (TPSA) is 32.3 Å². The van der Waals surface area contributed by atoms with E-state index < -0.39 is 0 Å². The predicted octanol–water partition coefficient (Wildman–Crippen LogP) is 3.08. The highest BCUT2D eigenvalue weighted by molar-refractivity contribution is 5.85. The summed E-state index contributed by atoms with van der Waals surface area (Å²) in [5.41, 5.74) is 0.965. The fourth-order valence-corrected chi connectivity index (χ4v) is 3.47. The van der Waals surface area contributed by atoms with Gasteiger partial charge in [0.2, 0.25) is 5.91 Å². The minimum absolute atomic E-state index is 0.122. The molecule has 0 bridgehead atoms. The Kier molecular flexibility index (Phi) is 3.74. The van der Waals surface area contributed by atoms with Crippen LogP contribution in [-0.4, -0.2) is 22.9 Å². The zero-order chi connectivity index (χ0) is 15.1. The highest BCUT2D eigenvalue weighted by Gasteiger charge is 2.46. The summed E-state index contributed by atoms with van der Waals surface area (Å²) in [7, 11) is 0. The molecule has 1 aliphatic carbocycles. The summed E-state index contributed by atoms with van der Waals surface area (Å²) >= 11 is 0. The largest absolute Gasteiger partial charge is 0.319 e. The molecule has 1 heterocycles. The first kappa shape index (κ1) is 14.5. The second kappa shape index (κ2) is 5.41. The lowest BCUT2D eigenvalue weighted by Crippen LogP contribution is -2.47. The van der Waals surface area contributed by atoms with Gasteiger partial charge in [0.05, 0.1) is 6.04 Å². The van der Waals surface area contributed by atoms with Gasteiger partial charge in [-0.1, -0.05) is 32.9 Å². The number of carbonyl (C=O) groups excluding carboxylic acids is 1. The summed E-state index contributed by atoms with van der Waals surface area (Å²) in [6, 6.07) is 6.66. The molecule has 2 aliphatic rings. The van der Waals surface area contributed by atoms with Gasteiger partial charge in [-0.25, -0.2) is 4.39 Å². The summed E-state index contributed by atoms with van der Waals surface area (Å²) in [5, 5.41) is 3.44. The van der Waals surface area contributed by atoms with E-state index in [1.807, 2.05) is 4.90 Å². The van der Waals surface area contributed by atoms with Crippen LogP contribution in [0.3, 0.4) is 0 Å². The van der Waals surface area contributed by atoms with E-state index >= 15 is 0 Å². The summed E-state index contributed by atoms with van der Waals surface area (Å²) < 4.78 is 13.1. The number of hydrogen-bond acceptors (Lipinski definition) is 2. The maximum Gasteiger partial charge on any atom is 0.241 e. The van der Waals surface area contributed by atoms with Crippen molar-refractivity contribution < 1.29 is 9.18 Å². The highest BCUT2D eigenvalue weighted by Crippen LogP contribution is 2.39. The van der Waals surface area contributed by atoms with Crippen molar-refractivity contribution in [1.82, 2.24) is 10.2 Å². The maximum atomic E-state index is 13.1. The van der Waals surface area contributed by atoms with Crippen LogP contribution in [0.4, 0.5) is 4.39 Å². The Bertz CT molecular complexity index is 522. The van der Waals surface area contributed by atoms with Gasteiger partial charge < -0.3 is 4.90 Å². The summed E-state index contributed by atoms with van der Waals surface area (Å²) in [5.74, 6) is 0.890. The van der Waals surface area contributed by atoms with Crippen LogP contribution in [0.5, 0.6) is 0 Å². The molecule has 2 fully saturated rings. The van der Waals surface area contributed by atoms with E-state index in [1.165, 1.54) is 12.1 Å². The van der Waals surface area contributed by atoms with Crippen LogP contribution in [0.15, 0.2) is 24.3 Å². The van der Waals surface area contributed by atoms with Crippen LogP contribution in [-0.2, 0) is 4.79 Å². The van der Waals surface area contributed by atoms with Crippen LogP contribution >= 0.6 is 0 Å².